The third-order valence-corrected chi connectivity index (χ3v) is 3.37. The van der Waals surface area contributed by atoms with Crippen LogP contribution in [0.1, 0.15) is 19.8 Å². The Kier molecular flexibility index (Phi) is 6.80. The largest absolute Gasteiger partial charge is 0.383 e. The summed E-state index contributed by atoms with van der Waals surface area (Å²) in [4.78, 5) is 25.4. The molecule has 0 radical (unpaired) electrons. The van der Waals surface area contributed by atoms with Gasteiger partial charge in [-0.1, -0.05) is 0 Å². The maximum Gasteiger partial charge on any atom is 0.227 e. The minimum absolute atomic E-state index is 0.00489. The van der Waals surface area contributed by atoms with Gasteiger partial charge in [0.1, 0.15) is 0 Å². The zero-order valence-electron chi connectivity index (χ0n) is 12.0. The summed E-state index contributed by atoms with van der Waals surface area (Å²) in [5, 5.41) is 2.75. The molecular formula is C13H24N2O4. The van der Waals surface area contributed by atoms with Gasteiger partial charge in [-0.3, -0.25) is 9.59 Å². The molecular weight excluding hydrogens is 248 g/mol. The average Bonchev–Trinajstić information content (AvgIpc) is 2.40. The van der Waals surface area contributed by atoms with Crippen molar-refractivity contribution >= 4 is 11.8 Å². The van der Waals surface area contributed by atoms with Gasteiger partial charge < -0.3 is 19.7 Å². The van der Waals surface area contributed by atoms with Crippen molar-refractivity contribution in [3.05, 3.63) is 0 Å². The van der Waals surface area contributed by atoms with Crippen molar-refractivity contribution in [2.75, 3.05) is 40.5 Å². The van der Waals surface area contributed by atoms with Crippen LogP contribution in [0.2, 0.25) is 0 Å². The van der Waals surface area contributed by atoms with Crippen LogP contribution >= 0.6 is 0 Å². The van der Waals surface area contributed by atoms with E-state index in [1.807, 2.05) is 6.92 Å². The van der Waals surface area contributed by atoms with Gasteiger partial charge in [0.05, 0.1) is 25.2 Å². The summed E-state index contributed by atoms with van der Waals surface area (Å²) in [6, 6.07) is 0.00489. The minimum Gasteiger partial charge on any atom is -0.383 e. The van der Waals surface area contributed by atoms with Gasteiger partial charge in [0.15, 0.2) is 0 Å². The SMILES string of the molecule is COCCN(C(=O)C1CCC(=O)NC1)C(C)COC. The van der Waals surface area contributed by atoms with Gasteiger partial charge in [0.25, 0.3) is 0 Å². The van der Waals surface area contributed by atoms with Crippen molar-refractivity contribution in [1.82, 2.24) is 10.2 Å². The summed E-state index contributed by atoms with van der Waals surface area (Å²) < 4.78 is 10.2. The van der Waals surface area contributed by atoms with E-state index in [1.54, 1.807) is 19.1 Å². The van der Waals surface area contributed by atoms with Crippen molar-refractivity contribution in [3.63, 3.8) is 0 Å². The molecule has 0 aromatic heterocycles. The first kappa shape index (κ1) is 15.9. The molecule has 1 aliphatic heterocycles. The summed E-state index contributed by atoms with van der Waals surface area (Å²) in [7, 11) is 3.24. The number of nitrogens with one attached hydrogen (secondary N) is 1. The highest BCUT2D eigenvalue weighted by Gasteiger charge is 2.30. The van der Waals surface area contributed by atoms with E-state index in [9.17, 15) is 9.59 Å². The summed E-state index contributed by atoms with van der Waals surface area (Å²) in [6.07, 6.45) is 1.04. The molecule has 1 aliphatic rings. The molecule has 0 spiro atoms. The normalized spacial score (nSPS) is 20.8. The van der Waals surface area contributed by atoms with E-state index in [4.69, 9.17) is 9.47 Å². The topological polar surface area (TPSA) is 67.9 Å². The van der Waals surface area contributed by atoms with Crippen molar-refractivity contribution in [2.45, 2.75) is 25.8 Å². The molecule has 2 unspecified atom stereocenters. The second-order valence-corrected chi connectivity index (χ2v) is 4.87. The van der Waals surface area contributed by atoms with Crippen LogP contribution in [-0.4, -0.2) is 63.3 Å². The number of nitrogens with zero attached hydrogens (tertiary/aromatic N) is 1. The fraction of sp³-hybridized carbons (Fsp3) is 0.846. The van der Waals surface area contributed by atoms with Crippen LogP contribution in [0.5, 0.6) is 0 Å². The Hall–Kier alpha value is -1.14. The van der Waals surface area contributed by atoms with Crippen LogP contribution in [0, 0.1) is 5.92 Å². The van der Waals surface area contributed by atoms with Crippen LogP contribution in [-0.2, 0) is 19.1 Å². The van der Waals surface area contributed by atoms with Gasteiger partial charge in [-0.05, 0) is 13.3 Å². The maximum absolute atomic E-state index is 12.5. The molecule has 1 saturated heterocycles. The molecule has 0 bridgehead atoms. The Morgan fingerprint density at radius 1 is 1.47 bits per heavy atom. The average molecular weight is 272 g/mol. The van der Waals surface area contributed by atoms with Crippen molar-refractivity contribution in [1.29, 1.82) is 0 Å². The van der Waals surface area contributed by atoms with Gasteiger partial charge in [-0.25, -0.2) is 0 Å². The Morgan fingerprint density at radius 2 is 2.21 bits per heavy atom. The summed E-state index contributed by atoms with van der Waals surface area (Å²) in [5.41, 5.74) is 0. The molecule has 1 fully saturated rings. The second-order valence-electron chi connectivity index (χ2n) is 4.87. The zero-order chi connectivity index (χ0) is 14.3. The lowest BCUT2D eigenvalue weighted by Gasteiger charge is -2.33. The fourth-order valence-corrected chi connectivity index (χ4v) is 2.25. The van der Waals surface area contributed by atoms with Crippen LogP contribution in [0.4, 0.5) is 0 Å². The van der Waals surface area contributed by atoms with Crippen molar-refractivity contribution < 1.29 is 19.1 Å². The molecule has 0 aromatic carbocycles. The Morgan fingerprint density at radius 3 is 2.74 bits per heavy atom. The third kappa shape index (κ3) is 4.80. The number of piperidine rings is 1. The number of rotatable bonds is 7. The molecule has 0 aliphatic carbocycles. The number of hydrogen-bond acceptors (Lipinski definition) is 4. The number of carbonyl (C=O) groups is 2. The van der Waals surface area contributed by atoms with E-state index in [0.717, 1.165) is 0 Å². The van der Waals surface area contributed by atoms with E-state index in [0.29, 0.717) is 39.1 Å². The fourth-order valence-electron chi connectivity index (χ4n) is 2.25. The van der Waals surface area contributed by atoms with Crippen LogP contribution in [0.25, 0.3) is 0 Å². The van der Waals surface area contributed by atoms with Crippen LogP contribution in [0.3, 0.4) is 0 Å². The molecule has 0 aromatic rings. The van der Waals surface area contributed by atoms with E-state index in [1.165, 1.54) is 0 Å². The van der Waals surface area contributed by atoms with E-state index in [2.05, 4.69) is 5.32 Å². The smallest absolute Gasteiger partial charge is 0.227 e. The Balaban J connectivity index is 2.61. The molecule has 0 saturated carbocycles. The Labute approximate surface area is 114 Å². The third-order valence-electron chi connectivity index (χ3n) is 3.37. The number of amides is 2. The lowest BCUT2D eigenvalue weighted by Crippen LogP contribution is -2.49. The highest BCUT2D eigenvalue weighted by atomic mass is 16.5. The van der Waals surface area contributed by atoms with Crippen molar-refractivity contribution in [3.8, 4) is 0 Å². The van der Waals surface area contributed by atoms with E-state index < -0.39 is 0 Å². The Bertz CT molecular complexity index is 299. The van der Waals surface area contributed by atoms with Gasteiger partial charge >= 0.3 is 0 Å². The minimum atomic E-state index is -0.131. The first-order valence-corrected chi connectivity index (χ1v) is 6.65. The lowest BCUT2D eigenvalue weighted by atomic mass is 9.97. The molecule has 19 heavy (non-hydrogen) atoms. The molecule has 2 atom stereocenters. The molecule has 6 nitrogen and oxygen atoms in total. The number of ether oxygens (including phenoxy) is 2. The number of hydrogen-bond donors (Lipinski definition) is 1. The van der Waals surface area contributed by atoms with Gasteiger partial charge in [0.2, 0.25) is 11.8 Å². The van der Waals surface area contributed by atoms with E-state index in [-0.39, 0.29) is 23.8 Å². The molecule has 1 heterocycles. The predicted octanol–water partition coefficient (Wildman–Crippen LogP) is 0.0225. The quantitative estimate of drug-likeness (QED) is 0.709. The first-order valence-electron chi connectivity index (χ1n) is 6.65. The van der Waals surface area contributed by atoms with E-state index >= 15 is 0 Å². The zero-order valence-corrected chi connectivity index (χ0v) is 12.0. The second kappa shape index (κ2) is 8.12. The molecule has 110 valence electrons. The number of methoxy groups -OCH3 is 2. The van der Waals surface area contributed by atoms with Crippen LogP contribution in [0.15, 0.2) is 0 Å². The standard InChI is InChI=1S/C13H24N2O4/c1-10(9-19-3)15(6-7-18-2)13(17)11-4-5-12(16)14-8-11/h10-11H,4-9H2,1-3H3,(H,14,16). The first-order chi connectivity index (χ1) is 9.10. The van der Waals surface area contributed by atoms with Crippen molar-refractivity contribution in [2.24, 2.45) is 5.92 Å². The molecule has 6 heteroatoms. The lowest BCUT2D eigenvalue weighted by molar-refractivity contribution is -0.141. The summed E-state index contributed by atoms with van der Waals surface area (Å²) in [5.74, 6) is -0.0344. The predicted molar refractivity (Wildman–Crippen MR) is 70.7 cm³/mol. The monoisotopic (exact) mass is 272 g/mol. The molecule has 1 rings (SSSR count). The molecule has 2 amide bonds. The highest BCUT2D eigenvalue weighted by Crippen LogP contribution is 2.16. The van der Waals surface area contributed by atoms with Crippen LogP contribution < -0.4 is 5.32 Å². The highest BCUT2D eigenvalue weighted by molar-refractivity contribution is 5.84. The maximum atomic E-state index is 12.5. The number of carbonyl (C=O) groups excluding carboxylic acids is 2. The molecule has 1 N–H and O–H groups in total. The van der Waals surface area contributed by atoms with Gasteiger partial charge in [-0.15, -0.1) is 0 Å². The summed E-state index contributed by atoms with van der Waals surface area (Å²) >= 11 is 0. The van der Waals surface area contributed by atoms with Gasteiger partial charge in [-0.2, -0.15) is 0 Å². The van der Waals surface area contributed by atoms with Gasteiger partial charge in [0, 0.05) is 33.7 Å². The summed E-state index contributed by atoms with van der Waals surface area (Å²) in [6.45, 7) is 3.93.